The van der Waals surface area contributed by atoms with Gasteiger partial charge in [0, 0.05) is 31.6 Å². The number of carboxylic acids is 1. The summed E-state index contributed by atoms with van der Waals surface area (Å²) in [5.41, 5.74) is 0.925. The van der Waals surface area contributed by atoms with Crippen LogP contribution in [-0.2, 0) is 0 Å². The highest BCUT2D eigenvalue weighted by molar-refractivity contribution is 5.96. The lowest BCUT2D eigenvalue weighted by molar-refractivity contribution is 0.0697. The largest absolute Gasteiger partial charge is 0.478 e. The zero-order valence-corrected chi connectivity index (χ0v) is 11.3. The highest BCUT2D eigenvalue weighted by atomic mass is 16.4. The number of rotatable bonds is 2. The Kier molecular flexibility index (Phi) is 3.23. The average Bonchev–Trinajstić information content (AvgIpc) is 2.47. The number of carboxylic acid groups (broad SMARTS) is 1. The number of likely N-dealkylation sites (N-methyl/N-ethyl adjacent to an activating group) is 1. The molecule has 6 nitrogen and oxygen atoms in total. The summed E-state index contributed by atoms with van der Waals surface area (Å²) in [7, 11) is 2.11. The quantitative estimate of drug-likeness (QED) is 0.882. The second kappa shape index (κ2) is 5.05. The summed E-state index contributed by atoms with van der Waals surface area (Å²) in [5, 5.41) is 9.94. The molecule has 6 heteroatoms. The normalized spacial score (nSPS) is 16.6. The second-order valence-electron chi connectivity index (χ2n) is 5.02. The van der Waals surface area contributed by atoms with Crippen LogP contribution >= 0.6 is 0 Å². The van der Waals surface area contributed by atoms with Crippen molar-refractivity contribution in [3.05, 3.63) is 30.1 Å². The summed E-state index contributed by atoms with van der Waals surface area (Å²) in [5.74, 6) is -0.0494. The number of fused-ring (bicyclic) bond motifs is 1. The van der Waals surface area contributed by atoms with Gasteiger partial charge in [0.05, 0.1) is 11.1 Å². The molecule has 2 heterocycles. The summed E-state index contributed by atoms with van der Waals surface area (Å²) >= 11 is 0. The van der Waals surface area contributed by atoms with Gasteiger partial charge in [-0.3, -0.25) is 0 Å². The van der Waals surface area contributed by atoms with Crippen molar-refractivity contribution in [1.82, 2.24) is 14.9 Å². The minimum absolute atomic E-state index is 0.250. The van der Waals surface area contributed by atoms with Crippen LogP contribution < -0.4 is 4.90 Å². The third kappa shape index (κ3) is 2.30. The Morgan fingerprint density at radius 2 is 1.95 bits per heavy atom. The number of carbonyl (C=O) groups is 1. The lowest BCUT2D eigenvalue weighted by atomic mass is 10.1. The molecule has 0 bridgehead atoms. The number of hydrogen-bond donors (Lipinski definition) is 1. The van der Waals surface area contributed by atoms with Gasteiger partial charge in [0.25, 0.3) is 0 Å². The van der Waals surface area contributed by atoms with Crippen LogP contribution in [0.5, 0.6) is 0 Å². The van der Waals surface area contributed by atoms with Gasteiger partial charge in [-0.25, -0.2) is 14.8 Å². The van der Waals surface area contributed by atoms with E-state index in [9.17, 15) is 4.79 Å². The minimum Gasteiger partial charge on any atom is -0.478 e. The van der Waals surface area contributed by atoms with E-state index in [0.717, 1.165) is 37.4 Å². The number of piperazine rings is 1. The molecule has 2 aromatic rings. The Labute approximate surface area is 116 Å². The van der Waals surface area contributed by atoms with Crippen molar-refractivity contribution in [2.45, 2.75) is 0 Å². The highest BCUT2D eigenvalue weighted by Crippen LogP contribution is 2.24. The van der Waals surface area contributed by atoms with Crippen LogP contribution in [0.25, 0.3) is 10.9 Å². The standard InChI is InChI=1S/C14H16N4O2/c1-17-4-6-18(7-5-17)13-11-3-2-10(14(19)20)8-12(11)15-9-16-13/h2-3,8-9H,4-7H2,1H3,(H,19,20). The van der Waals surface area contributed by atoms with Crippen LogP contribution in [0, 0.1) is 0 Å². The molecule has 0 amide bonds. The van der Waals surface area contributed by atoms with Gasteiger partial charge in [-0.1, -0.05) is 0 Å². The smallest absolute Gasteiger partial charge is 0.335 e. The fourth-order valence-corrected chi connectivity index (χ4v) is 2.45. The van der Waals surface area contributed by atoms with Crippen LogP contribution in [0.4, 0.5) is 5.82 Å². The predicted octanol–water partition coefficient (Wildman–Crippen LogP) is 1.08. The average molecular weight is 272 g/mol. The van der Waals surface area contributed by atoms with Crippen molar-refractivity contribution < 1.29 is 9.90 Å². The van der Waals surface area contributed by atoms with Gasteiger partial charge in [0.15, 0.2) is 0 Å². The third-order valence-electron chi connectivity index (χ3n) is 3.67. The molecule has 0 spiro atoms. The molecule has 1 N–H and O–H groups in total. The maximum Gasteiger partial charge on any atom is 0.335 e. The van der Waals surface area contributed by atoms with Gasteiger partial charge < -0.3 is 14.9 Å². The Morgan fingerprint density at radius 1 is 1.20 bits per heavy atom. The van der Waals surface area contributed by atoms with E-state index in [-0.39, 0.29) is 5.56 Å². The fourth-order valence-electron chi connectivity index (χ4n) is 2.45. The number of aromatic nitrogens is 2. The molecule has 1 aliphatic rings. The van der Waals surface area contributed by atoms with Gasteiger partial charge in [-0.15, -0.1) is 0 Å². The van der Waals surface area contributed by atoms with Crippen LogP contribution in [0.15, 0.2) is 24.5 Å². The monoisotopic (exact) mass is 272 g/mol. The van der Waals surface area contributed by atoms with E-state index in [1.807, 2.05) is 0 Å². The highest BCUT2D eigenvalue weighted by Gasteiger charge is 2.18. The van der Waals surface area contributed by atoms with E-state index in [1.165, 1.54) is 6.33 Å². The molecule has 0 unspecified atom stereocenters. The van der Waals surface area contributed by atoms with Gasteiger partial charge in [0.1, 0.15) is 12.1 Å². The van der Waals surface area contributed by atoms with Crippen molar-refractivity contribution in [2.24, 2.45) is 0 Å². The number of aromatic carboxylic acids is 1. The van der Waals surface area contributed by atoms with Crippen molar-refractivity contribution in [3.63, 3.8) is 0 Å². The lowest BCUT2D eigenvalue weighted by Crippen LogP contribution is -2.44. The maximum atomic E-state index is 11.0. The number of nitrogens with zero attached hydrogens (tertiary/aromatic N) is 4. The second-order valence-corrected chi connectivity index (χ2v) is 5.02. The summed E-state index contributed by atoms with van der Waals surface area (Å²) in [6.07, 6.45) is 1.50. The number of benzene rings is 1. The van der Waals surface area contributed by atoms with Crippen molar-refractivity contribution >= 4 is 22.7 Å². The molecule has 0 saturated carbocycles. The van der Waals surface area contributed by atoms with Gasteiger partial charge in [-0.2, -0.15) is 0 Å². The van der Waals surface area contributed by atoms with E-state index >= 15 is 0 Å². The van der Waals surface area contributed by atoms with Crippen LogP contribution in [0.1, 0.15) is 10.4 Å². The van der Waals surface area contributed by atoms with Gasteiger partial charge in [0.2, 0.25) is 0 Å². The zero-order valence-electron chi connectivity index (χ0n) is 11.3. The minimum atomic E-state index is -0.938. The number of anilines is 1. The molecule has 1 aromatic carbocycles. The Morgan fingerprint density at radius 3 is 2.65 bits per heavy atom. The molecular weight excluding hydrogens is 256 g/mol. The van der Waals surface area contributed by atoms with E-state index in [4.69, 9.17) is 5.11 Å². The lowest BCUT2D eigenvalue weighted by Gasteiger charge is -2.33. The molecule has 20 heavy (non-hydrogen) atoms. The van der Waals surface area contributed by atoms with Crippen LogP contribution in [0.2, 0.25) is 0 Å². The summed E-state index contributed by atoms with van der Waals surface area (Å²) in [6, 6.07) is 5.00. The molecule has 1 fully saturated rings. The molecule has 104 valence electrons. The van der Waals surface area contributed by atoms with E-state index in [0.29, 0.717) is 5.52 Å². The molecule has 0 atom stereocenters. The first-order chi connectivity index (χ1) is 9.65. The Hall–Kier alpha value is -2.21. The molecule has 3 rings (SSSR count). The predicted molar refractivity (Wildman–Crippen MR) is 76.2 cm³/mol. The molecule has 1 saturated heterocycles. The van der Waals surface area contributed by atoms with E-state index in [1.54, 1.807) is 18.2 Å². The van der Waals surface area contributed by atoms with Crippen molar-refractivity contribution in [1.29, 1.82) is 0 Å². The SMILES string of the molecule is CN1CCN(c2ncnc3cc(C(=O)O)ccc23)CC1. The van der Waals surface area contributed by atoms with E-state index < -0.39 is 5.97 Å². The fraction of sp³-hybridized carbons (Fsp3) is 0.357. The summed E-state index contributed by atoms with van der Waals surface area (Å²) in [4.78, 5) is 24.1. The Balaban J connectivity index is 2.01. The first-order valence-corrected chi connectivity index (χ1v) is 6.57. The van der Waals surface area contributed by atoms with Crippen LogP contribution in [0.3, 0.4) is 0 Å². The van der Waals surface area contributed by atoms with E-state index in [2.05, 4.69) is 26.8 Å². The van der Waals surface area contributed by atoms with Crippen molar-refractivity contribution in [2.75, 3.05) is 38.1 Å². The summed E-state index contributed by atoms with van der Waals surface area (Å²) < 4.78 is 0. The molecule has 0 radical (unpaired) electrons. The summed E-state index contributed by atoms with van der Waals surface area (Å²) in [6.45, 7) is 3.84. The number of hydrogen-bond acceptors (Lipinski definition) is 5. The molecule has 0 aliphatic carbocycles. The van der Waals surface area contributed by atoms with Gasteiger partial charge in [-0.05, 0) is 25.2 Å². The molecule has 1 aliphatic heterocycles. The zero-order chi connectivity index (χ0) is 14.1. The Bertz CT molecular complexity index is 651. The van der Waals surface area contributed by atoms with Gasteiger partial charge >= 0.3 is 5.97 Å². The van der Waals surface area contributed by atoms with Crippen molar-refractivity contribution in [3.8, 4) is 0 Å². The molecule has 1 aromatic heterocycles. The van der Waals surface area contributed by atoms with Crippen LogP contribution in [-0.4, -0.2) is 59.2 Å². The maximum absolute atomic E-state index is 11.0. The third-order valence-corrected chi connectivity index (χ3v) is 3.67. The topological polar surface area (TPSA) is 69.6 Å². The molecular formula is C14H16N4O2. The first kappa shape index (κ1) is 12.8. The first-order valence-electron chi connectivity index (χ1n) is 6.57.